The molecular formula is C16H21N3. The van der Waals surface area contributed by atoms with Crippen LogP contribution in [0.2, 0.25) is 0 Å². The van der Waals surface area contributed by atoms with E-state index in [-0.39, 0.29) is 0 Å². The largest absolute Gasteiger partial charge is 0.356 e. The number of rotatable bonds is 2. The first-order valence-electron chi connectivity index (χ1n) is 7.11. The summed E-state index contributed by atoms with van der Waals surface area (Å²) < 4.78 is 0. The van der Waals surface area contributed by atoms with Crippen molar-refractivity contribution < 1.29 is 0 Å². The van der Waals surface area contributed by atoms with E-state index in [4.69, 9.17) is 10.7 Å². The molecule has 1 unspecified atom stereocenters. The number of nitrogens with zero attached hydrogens (tertiary/aromatic N) is 2. The highest BCUT2D eigenvalue weighted by molar-refractivity contribution is 5.84. The first-order valence-corrected chi connectivity index (χ1v) is 7.11. The van der Waals surface area contributed by atoms with Crippen molar-refractivity contribution in [2.24, 2.45) is 11.7 Å². The predicted octanol–water partition coefficient (Wildman–Crippen LogP) is 2.93. The van der Waals surface area contributed by atoms with E-state index in [2.05, 4.69) is 30.0 Å². The van der Waals surface area contributed by atoms with Gasteiger partial charge in [-0.05, 0) is 36.5 Å². The molecule has 19 heavy (non-hydrogen) atoms. The molecule has 1 aromatic heterocycles. The van der Waals surface area contributed by atoms with Gasteiger partial charge in [-0.25, -0.2) is 4.98 Å². The molecule has 0 radical (unpaired) electrons. The van der Waals surface area contributed by atoms with Crippen molar-refractivity contribution in [3.05, 3.63) is 35.9 Å². The summed E-state index contributed by atoms with van der Waals surface area (Å²) in [4.78, 5) is 7.21. The minimum atomic E-state index is 0.569. The molecule has 1 aromatic carbocycles. The molecule has 1 aliphatic heterocycles. The molecule has 1 aliphatic rings. The van der Waals surface area contributed by atoms with Gasteiger partial charge in [0.05, 0.1) is 5.52 Å². The summed E-state index contributed by atoms with van der Waals surface area (Å²) in [6.07, 6.45) is 2.58. The summed E-state index contributed by atoms with van der Waals surface area (Å²) in [5.41, 5.74) is 8.14. The lowest BCUT2D eigenvalue weighted by Crippen LogP contribution is -2.34. The number of hydrogen-bond acceptors (Lipinski definition) is 3. The Labute approximate surface area is 114 Å². The van der Waals surface area contributed by atoms with Crippen molar-refractivity contribution >= 4 is 16.7 Å². The third-order valence-corrected chi connectivity index (χ3v) is 3.99. The van der Waals surface area contributed by atoms with Crippen molar-refractivity contribution in [2.75, 3.05) is 18.0 Å². The molecule has 3 rings (SSSR count). The Kier molecular flexibility index (Phi) is 3.38. The standard InChI is InChI=1S/C16H21N3/c1-12-5-4-8-19(11-12)16-9-13(10-17)14-6-2-3-7-15(14)18-16/h2-3,6-7,9,12H,4-5,8,10-11,17H2,1H3. The lowest BCUT2D eigenvalue weighted by Gasteiger charge is -2.32. The maximum Gasteiger partial charge on any atom is 0.129 e. The van der Waals surface area contributed by atoms with Crippen LogP contribution in [0.25, 0.3) is 10.9 Å². The number of nitrogens with two attached hydrogens (primary N) is 1. The first-order chi connectivity index (χ1) is 9.28. The number of hydrogen-bond donors (Lipinski definition) is 1. The fraction of sp³-hybridized carbons (Fsp3) is 0.438. The minimum Gasteiger partial charge on any atom is -0.356 e. The van der Waals surface area contributed by atoms with Crippen LogP contribution in [0, 0.1) is 5.92 Å². The Balaban J connectivity index is 2.04. The van der Waals surface area contributed by atoms with Gasteiger partial charge in [0.2, 0.25) is 0 Å². The van der Waals surface area contributed by atoms with E-state index >= 15 is 0 Å². The van der Waals surface area contributed by atoms with Crippen LogP contribution in [0.15, 0.2) is 30.3 Å². The van der Waals surface area contributed by atoms with E-state index in [0.29, 0.717) is 6.54 Å². The van der Waals surface area contributed by atoms with E-state index in [1.807, 2.05) is 12.1 Å². The molecular weight excluding hydrogens is 234 g/mol. The van der Waals surface area contributed by atoms with E-state index < -0.39 is 0 Å². The normalized spacial score (nSPS) is 19.9. The second-order valence-electron chi connectivity index (χ2n) is 5.55. The lowest BCUT2D eigenvalue weighted by molar-refractivity contribution is 0.445. The van der Waals surface area contributed by atoms with Gasteiger partial charge in [-0.15, -0.1) is 0 Å². The lowest BCUT2D eigenvalue weighted by atomic mass is 10.00. The van der Waals surface area contributed by atoms with E-state index in [1.165, 1.54) is 23.8 Å². The Hall–Kier alpha value is -1.61. The minimum absolute atomic E-state index is 0.569. The highest BCUT2D eigenvalue weighted by Crippen LogP contribution is 2.26. The van der Waals surface area contributed by atoms with Crippen molar-refractivity contribution in [3.8, 4) is 0 Å². The molecule has 0 saturated carbocycles. The molecule has 100 valence electrons. The average molecular weight is 255 g/mol. The van der Waals surface area contributed by atoms with Crippen molar-refractivity contribution in [1.82, 2.24) is 4.98 Å². The summed E-state index contributed by atoms with van der Waals surface area (Å²) in [5, 5.41) is 1.18. The molecule has 2 heterocycles. The van der Waals surface area contributed by atoms with E-state index in [0.717, 1.165) is 30.3 Å². The monoisotopic (exact) mass is 255 g/mol. The van der Waals surface area contributed by atoms with Crippen LogP contribution in [0.1, 0.15) is 25.3 Å². The zero-order chi connectivity index (χ0) is 13.2. The molecule has 0 aliphatic carbocycles. The third kappa shape index (κ3) is 2.43. The molecule has 2 N–H and O–H groups in total. The number of fused-ring (bicyclic) bond motifs is 1. The fourth-order valence-corrected chi connectivity index (χ4v) is 2.96. The van der Waals surface area contributed by atoms with E-state index in [9.17, 15) is 0 Å². The van der Waals surface area contributed by atoms with Gasteiger partial charge in [-0.2, -0.15) is 0 Å². The van der Waals surface area contributed by atoms with Gasteiger partial charge in [0, 0.05) is 25.0 Å². The second kappa shape index (κ2) is 5.17. The van der Waals surface area contributed by atoms with Gasteiger partial charge in [-0.3, -0.25) is 0 Å². The van der Waals surface area contributed by atoms with Crippen LogP contribution >= 0.6 is 0 Å². The highest BCUT2D eigenvalue weighted by atomic mass is 15.2. The van der Waals surface area contributed by atoms with Gasteiger partial charge >= 0.3 is 0 Å². The maximum atomic E-state index is 5.90. The van der Waals surface area contributed by atoms with Crippen LogP contribution in [0.4, 0.5) is 5.82 Å². The van der Waals surface area contributed by atoms with Gasteiger partial charge < -0.3 is 10.6 Å². The topological polar surface area (TPSA) is 42.1 Å². The molecule has 1 saturated heterocycles. The Morgan fingerprint density at radius 1 is 1.37 bits per heavy atom. The Morgan fingerprint density at radius 2 is 2.21 bits per heavy atom. The Bertz CT molecular complexity index is 579. The highest BCUT2D eigenvalue weighted by Gasteiger charge is 2.18. The summed E-state index contributed by atoms with van der Waals surface area (Å²) in [6.45, 7) is 5.10. The van der Waals surface area contributed by atoms with Crippen molar-refractivity contribution in [1.29, 1.82) is 0 Å². The number of para-hydroxylation sites is 1. The number of aromatic nitrogens is 1. The van der Waals surface area contributed by atoms with Gasteiger partial charge in [0.15, 0.2) is 0 Å². The van der Waals surface area contributed by atoms with E-state index in [1.54, 1.807) is 0 Å². The zero-order valence-electron chi connectivity index (χ0n) is 11.5. The fourth-order valence-electron chi connectivity index (χ4n) is 2.96. The molecule has 0 bridgehead atoms. The average Bonchev–Trinajstić information content (AvgIpc) is 2.46. The molecule has 2 aromatic rings. The zero-order valence-corrected chi connectivity index (χ0v) is 11.5. The van der Waals surface area contributed by atoms with Gasteiger partial charge in [0.1, 0.15) is 5.82 Å². The summed E-state index contributed by atoms with van der Waals surface area (Å²) >= 11 is 0. The molecule has 1 atom stereocenters. The third-order valence-electron chi connectivity index (χ3n) is 3.99. The number of pyridine rings is 1. The van der Waals surface area contributed by atoms with Crippen LogP contribution < -0.4 is 10.6 Å². The first kappa shape index (κ1) is 12.4. The van der Waals surface area contributed by atoms with Crippen molar-refractivity contribution in [2.45, 2.75) is 26.3 Å². The number of benzene rings is 1. The number of anilines is 1. The quantitative estimate of drug-likeness (QED) is 0.897. The second-order valence-corrected chi connectivity index (χ2v) is 5.55. The SMILES string of the molecule is CC1CCCN(c2cc(CN)c3ccccc3n2)C1. The van der Waals surface area contributed by atoms with Crippen molar-refractivity contribution in [3.63, 3.8) is 0 Å². The van der Waals surface area contributed by atoms with Crippen LogP contribution in [0.3, 0.4) is 0 Å². The summed E-state index contributed by atoms with van der Waals surface area (Å²) in [5.74, 6) is 1.84. The Morgan fingerprint density at radius 3 is 3.00 bits per heavy atom. The summed E-state index contributed by atoms with van der Waals surface area (Å²) in [7, 11) is 0. The predicted molar refractivity (Wildman–Crippen MR) is 80.2 cm³/mol. The molecule has 1 fully saturated rings. The maximum absolute atomic E-state index is 5.90. The summed E-state index contributed by atoms with van der Waals surface area (Å²) in [6, 6.07) is 10.4. The smallest absolute Gasteiger partial charge is 0.129 e. The molecule has 3 nitrogen and oxygen atoms in total. The molecule has 0 spiro atoms. The van der Waals surface area contributed by atoms with Gasteiger partial charge in [0.25, 0.3) is 0 Å². The molecule has 3 heteroatoms. The van der Waals surface area contributed by atoms with Gasteiger partial charge in [-0.1, -0.05) is 25.1 Å². The number of piperidine rings is 1. The van der Waals surface area contributed by atoms with Crippen LogP contribution in [0.5, 0.6) is 0 Å². The van der Waals surface area contributed by atoms with Crippen LogP contribution in [-0.4, -0.2) is 18.1 Å². The molecule has 0 amide bonds. The van der Waals surface area contributed by atoms with Crippen LogP contribution in [-0.2, 0) is 6.54 Å².